The Morgan fingerprint density at radius 1 is 1.28 bits per heavy atom. The molecule has 0 saturated carbocycles. The van der Waals surface area contributed by atoms with Gasteiger partial charge in [0.25, 0.3) is 0 Å². The van der Waals surface area contributed by atoms with Gasteiger partial charge in [0, 0.05) is 22.7 Å². The Bertz CT molecular complexity index is 600. The van der Waals surface area contributed by atoms with Gasteiger partial charge in [-0.25, -0.2) is 0 Å². The largest absolute Gasteiger partial charge is 0.385 e. The summed E-state index contributed by atoms with van der Waals surface area (Å²) in [5, 5.41) is 3.36. The molecule has 0 amide bonds. The third kappa shape index (κ3) is 2.06. The highest BCUT2D eigenvalue weighted by Crippen LogP contribution is 2.25. The SMILES string of the molecule is Cc1ccc(C(=O)c2ccc3c(c2)CCCN3)s1. The molecule has 18 heavy (non-hydrogen) atoms. The Morgan fingerprint density at radius 3 is 2.94 bits per heavy atom. The van der Waals surface area contributed by atoms with Crippen molar-refractivity contribution in [2.45, 2.75) is 19.8 Å². The highest BCUT2D eigenvalue weighted by Gasteiger charge is 2.14. The van der Waals surface area contributed by atoms with Crippen LogP contribution >= 0.6 is 11.3 Å². The van der Waals surface area contributed by atoms with Crippen LogP contribution in [0.2, 0.25) is 0 Å². The third-order valence-corrected chi connectivity index (χ3v) is 4.27. The summed E-state index contributed by atoms with van der Waals surface area (Å²) in [6, 6.07) is 9.91. The van der Waals surface area contributed by atoms with E-state index in [9.17, 15) is 4.79 Å². The minimum absolute atomic E-state index is 0.140. The van der Waals surface area contributed by atoms with Crippen molar-refractivity contribution in [3.05, 3.63) is 51.2 Å². The summed E-state index contributed by atoms with van der Waals surface area (Å²) in [6.07, 6.45) is 2.20. The highest BCUT2D eigenvalue weighted by atomic mass is 32.1. The van der Waals surface area contributed by atoms with Gasteiger partial charge in [-0.1, -0.05) is 0 Å². The van der Waals surface area contributed by atoms with Gasteiger partial charge in [0.2, 0.25) is 5.78 Å². The first kappa shape index (κ1) is 11.5. The summed E-state index contributed by atoms with van der Waals surface area (Å²) < 4.78 is 0. The van der Waals surface area contributed by atoms with Crippen LogP contribution in [0.25, 0.3) is 0 Å². The molecule has 0 bridgehead atoms. The van der Waals surface area contributed by atoms with E-state index in [-0.39, 0.29) is 5.78 Å². The number of carbonyl (C=O) groups is 1. The summed E-state index contributed by atoms with van der Waals surface area (Å²) in [4.78, 5) is 14.3. The van der Waals surface area contributed by atoms with Gasteiger partial charge in [-0.05, 0) is 55.7 Å². The van der Waals surface area contributed by atoms with Gasteiger partial charge >= 0.3 is 0 Å². The van der Waals surface area contributed by atoms with E-state index in [1.54, 1.807) is 11.3 Å². The van der Waals surface area contributed by atoms with Gasteiger partial charge in [-0.3, -0.25) is 4.79 Å². The minimum atomic E-state index is 0.140. The molecule has 3 rings (SSSR count). The van der Waals surface area contributed by atoms with Crippen molar-refractivity contribution in [2.24, 2.45) is 0 Å². The standard InChI is InChI=1S/C15H15NOS/c1-10-4-7-14(18-10)15(17)12-5-6-13-11(9-12)3-2-8-16-13/h4-7,9,16H,2-3,8H2,1H3. The third-order valence-electron chi connectivity index (χ3n) is 3.27. The zero-order chi connectivity index (χ0) is 12.5. The number of anilines is 1. The number of rotatable bonds is 2. The van der Waals surface area contributed by atoms with Crippen molar-refractivity contribution in [2.75, 3.05) is 11.9 Å². The molecule has 3 heteroatoms. The van der Waals surface area contributed by atoms with Crippen LogP contribution in [0.3, 0.4) is 0 Å². The maximum Gasteiger partial charge on any atom is 0.202 e. The summed E-state index contributed by atoms with van der Waals surface area (Å²) in [7, 11) is 0. The van der Waals surface area contributed by atoms with Crippen LogP contribution in [0.5, 0.6) is 0 Å². The molecule has 2 nitrogen and oxygen atoms in total. The smallest absolute Gasteiger partial charge is 0.202 e. The fraction of sp³-hybridized carbons (Fsp3) is 0.267. The second-order valence-corrected chi connectivity index (χ2v) is 5.93. The van der Waals surface area contributed by atoms with Gasteiger partial charge in [-0.2, -0.15) is 0 Å². The lowest BCUT2D eigenvalue weighted by molar-refractivity contribution is 0.104. The van der Waals surface area contributed by atoms with Gasteiger partial charge in [-0.15, -0.1) is 11.3 Å². The summed E-state index contributed by atoms with van der Waals surface area (Å²) in [6.45, 7) is 3.06. The minimum Gasteiger partial charge on any atom is -0.385 e. The topological polar surface area (TPSA) is 29.1 Å². The Morgan fingerprint density at radius 2 is 2.17 bits per heavy atom. The Hall–Kier alpha value is -1.61. The zero-order valence-electron chi connectivity index (χ0n) is 10.3. The van der Waals surface area contributed by atoms with Crippen LogP contribution in [-0.2, 0) is 6.42 Å². The maximum absolute atomic E-state index is 12.3. The molecule has 0 aliphatic carbocycles. The van der Waals surface area contributed by atoms with Crippen LogP contribution in [0.15, 0.2) is 30.3 Å². The lowest BCUT2D eigenvalue weighted by atomic mass is 9.99. The van der Waals surface area contributed by atoms with Crippen molar-refractivity contribution in [1.82, 2.24) is 0 Å². The molecule has 1 N–H and O–H groups in total. The van der Waals surface area contributed by atoms with E-state index < -0.39 is 0 Å². The molecule has 2 aromatic rings. The molecule has 2 heterocycles. The number of aryl methyl sites for hydroxylation is 2. The molecule has 0 spiro atoms. The van der Waals surface area contributed by atoms with Gasteiger partial charge in [0.1, 0.15) is 0 Å². The van der Waals surface area contributed by atoms with Crippen LogP contribution in [0.1, 0.15) is 32.1 Å². The fourth-order valence-corrected chi connectivity index (χ4v) is 3.14. The average molecular weight is 257 g/mol. The number of nitrogens with one attached hydrogen (secondary N) is 1. The average Bonchev–Trinajstić information content (AvgIpc) is 2.84. The number of hydrogen-bond donors (Lipinski definition) is 1. The molecule has 1 aromatic heterocycles. The van der Waals surface area contributed by atoms with Crippen molar-refractivity contribution in [3.8, 4) is 0 Å². The van der Waals surface area contributed by atoms with Crippen molar-refractivity contribution in [1.29, 1.82) is 0 Å². The zero-order valence-corrected chi connectivity index (χ0v) is 11.1. The summed E-state index contributed by atoms with van der Waals surface area (Å²) in [5.74, 6) is 0.140. The Kier molecular flexibility index (Phi) is 2.92. The number of benzene rings is 1. The normalized spacial score (nSPS) is 13.8. The highest BCUT2D eigenvalue weighted by molar-refractivity contribution is 7.14. The van der Waals surface area contributed by atoms with Gasteiger partial charge < -0.3 is 5.32 Å². The lowest BCUT2D eigenvalue weighted by Crippen LogP contribution is -2.12. The molecule has 0 saturated heterocycles. The molecule has 1 aliphatic heterocycles. The molecule has 1 aliphatic rings. The predicted molar refractivity (Wildman–Crippen MR) is 75.7 cm³/mol. The molecule has 0 fully saturated rings. The lowest BCUT2D eigenvalue weighted by Gasteiger charge is -2.18. The van der Waals surface area contributed by atoms with E-state index >= 15 is 0 Å². The Balaban J connectivity index is 1.95. The number of fused-ring (bicyclic) bond motifs is 1. The molecule has 0 atom stereocenters. The van der Waals surface area contributed by atoms with Gasteiger partial charge in [0.15, 0.2) is 0 Å². The van der Waals surface area contributed by atoms with Crippen LogP contribution in [0.4, 0.5) is 5.69 Å². The monoisotopic (exact) mass is 257 g/mol. The number of ketones is 1. The first-order chi connectivity index (χ1) is 8.74. The predicted octanol–water partition coefficient (Wildman–Crippen LogP) is 3.65. The molecular formula is C15H15NOS. The number of carbonyl (C=O) groups excluding carboxylic acids is 1. The van der Waals surface area contributed by atoms with Crippen LogP contribution in [0, 0.1) is 6.92 Å². The van der Waals surface area contributed by atoms with Crippen molar-refractivity contribution >= 4 is 22.8 Å². The van der Waals surface area contributed by atoms with E-state index in [4.69, 9.17) is 0 Å². The fourth-order valence-electron chi connectivity index (χ4n) is 2.31. The molecular weight excluding hydrogens is 242 g/mol. The molecule has 92 valence electrons. The first-order valence-electron chi connectivity index (χ1n) is 6.22. The molecule has 1 aromatic carbocycles. The summed E-state index contributed by atoms with van der Waals surface area (Å²) >= 11 is 1.56. The van der Waals surface area contributed by atoms with Crippen molar-refractivity contribution in [3.63, 3.8) is 0 Å². The van der Waals surface area contributed by atoms with Crippen LogP contribution in [-0.4, -0.2) is 12.3 Å². The molecule has 0 radical (unpaired) electrons. The van der Waals surface area contributed by atoms with Gasteiger partial charge in [0.05, 0.1) is 4.88 Å². The van der Waals surface area contributed by atoms with E-state index in [1.807, 2.05) is 37.3 Å². The molecule has 0 unspecified atom stereocenters. The Labute approximate surface area is 111 Å². The van der Waals surface area contributed by atoms with E-state index in [0.717, 1.165) is 29.8 Å². The second-order valence-electron chi connectivity index (χ2n) is 4.64. The quantitative estimate of drug-likeness (QED) is 0.832. The first-order valence-corrected chi connectivity index (χ1v) is 7.03. The second kappa shape index (κ2) is 4.58. The van der Waals surface area contributed by atoms with E-state index in [2.05, 4.69) is 5.32 Å². The van der Waals surface area contributed by atoms with Crippen molar-refractivity contribution < 1.29 is 4.79 Å². The number of hydrogen-bond acceptors (Lipinski definition) is 3. The summed E-state index contributed by atoms with van der Waals surface area (Å²) in [5.41, 5.74) is 3.25. The van der Waals surface area contributed by atoms with E-state index in [1.165, 1.54) is 16.1 Å². The van der Waals surface area contributed by atoms with E-state index in [0.29, 0.717) is 0 Å². The maximum atomic E-state index is 12.3. The van der Waals surface area contributed by atoms with Crippen LogP contribution < -0.4 is 5.32 Å². The number of thiophene rings is 1.